The summed E-state index contributed by atoms with van der Waals surface area (Å²) < 4.78 is 0. The summed E-state index contributed by atoms with van der Waals surface area (Å²) in [6.45, 7) is 10.2. The number of guanidine groups is 1. The lowest BCUT2D eigenvalue weighted by atomic mass is 10.1. The molecule has 2 heterocycles. The molecule has 0 saturated carbocycles. The van der Waals surface area contributed by atoms with Crippen LogP contribution in [0.2, 0.25) is 0 Å². The Morgan fingerprint density at radius 3 is 2.64 bits per heavy atom. The first-order valence-corrected chi connectivity index (χ1v) is 10.8. The van der Waals surface area contributed by atoms with Crippen LogP contribution < -0.4 is 16.0 Å². The Morgan fingerprint density at radius 2 is 2.07 bits per heavy atom. The van der Waals surface area contributed by atoms with Crippen LogP contribution in [0.15, 0.2) is 10.4 Å². The summed E-state index contributed by atoms with van der Waals surface area (Å²) in [6, 6.07) is 0.382. The Balaban J connectivity index is 0.00000392. The van der Waals surface area contributed by atoms with Crippen molar-refractivity contribution < 1.29 is 4.79 Å². The van der Waals surface area contributed by atoms with Crippen LogP contribution in [0.4, 0.5) is 0 Å². The number of amides is 1. The summed E-state index contributed by atoms with van der Waals surface area (Å²) in [5, 5.41) is 13.1. The maximum absolute atomic E-state index is 11.8. The van der Waals surface area contributed by atoms with E-state index in [1.807, 2.05) is 0 Å². The molecule has 0 atom stereocenters. The van der Waals surface area contributed by atoms with Gasteiger partial charge >= 0.3 is 0 Å². The van der Waals surface area contributed by atoms with Crippen LogP contribution in [0.1, 0.15) is 56.7 Å². The minimum absolute atomic E-state index is 0. The van der Waals surface area contributed by atoms with Gasteiger partial charge in [-0.3, -0.25) is 14.7 Å². The number of piperidine rings is 1. The van der Waals surface area contributed by atoms with Gasteiger partial charge in [-0.05, 0) is 19.3 Å². The van der Waals surface area contributed by atoms with Crippen LogP contribution in [0.3, 0.4) is 0 Å². The molecular formula is C19H35IN6OS. The molecule has 1 saturated heterocycles. The van der Waals surface area contributed by atoms with E-state index < -0.39 is 0 Å². The number of hydrogen-bond donors (Lipinski definition) is 3. The lowest BCUT2D eigenvalue weighted by Gasteiger charge is -2.32. The molecule has 0 bridgehead atoms. The topological polar surface area (TPSA) is 81.7 Å². The maximum atomic E-state index is 11.8. The molecule has 1 aromatic rings. The van der Waals surface area contributed by atoms with Gasteiger partial charge in [0.15, 0.2) is 5.96 Å². The second-order valence-corrected chi connectivity index (χ2v) is 8.19. The molecule has 28 heavy (non-hydrogen) atoms. The van der Waals surface area contributed by atoms with Gasteiger partial charge in [-0.2, -0.15) is 0 Å². The highest BCUT2D eigenvalue weighted by Gasteiger charge is 2.21. The van der Waals surface area contributed by atoms with Gasteiger partial charge in [-0.1, -0.05) is 20.8 Å². The Bertz CT molecular complexity index is 613. The fraction of sp³-hybridized carbons (Fsp3) is 0.737. The average molecular weight is 523 g/mol. The zero-order valence-corrected chi connectivity index (χ0v) is 20.6. The monoisotopic (exact) mass is 522 g/mol. The standard InChI is InChI=1S/C19H34N6OS.HI/c1-5-8-21-17(26)12-25-9-6-15(7-10-25)24-19(20-4)22-11-16-13-27-18(23-16)14(2)3;/h13-15H,5-12H2,1-4H3,(H,21,26)(H2,20,22,24);1H. The summed E-state index contributed by atoms with van der Waals surface area (Å²) in [6.07, 6.45) is 3.00. The van der Waals surface area contributed by atoms with Gasteiger partial charge in [-0.25, -0.2) is 4.98 Å². The Hall–Kier alpha value is -0.940. The van der Waals surface area contributed by atoms with Crippen LogP contribution in [-0.4, -0.2) is 61.0 Å². The molecule has 1 aliphatic rings. The predicted octanol–water partition coefficient (Wildman–Crippen LogP) is 2.54. The summed E-state index contributed by atoms with van der Waals surface area (Å²) in [5.74, 6) is 1.41. The van der Waals surface area contributed by atoms with Crippen molar-refractivity contribution in [1.82, 2.24) is 25.8 Å². The highest BCUT2D eigenvalue weighted by molar-refractivity contribution is 14.0. The molecule has 0 spiro atoms. The number of carbonyl (C=O) groups is 1. The Kier molecular flexibility index (Phi) is 11.9. The number of hydrogen-bond acceptors (Lipinski definition) is 5. The number of nitrogens with one attached hydrogen (secondary N) is 3. The van der Waals surface area contributed by atoms with Crippen molar-refractivity contribution in [2.45, 2.75) is 58.5 Å². The number of carbonyl (C=O) groups excluding carboxylic acids is 1. The highest BCUT2D eigenvalue weighted by Crippen LogP contribution is 2.19. The van der Waals surface area contributed by atoms with Gasteiger partial charge < -0.3 is 16.0 Å². The molecule has 3 N–H and O–H groups in total. The van der Waals surface area contributed by atoms with Crippen molar-refractivity contribution in [2.24, 2.45) is 4.99 Å². The number of halogens is 1. The van der Waals surface area contributed by atoms with Crippen LogP contribution >= 0.6 is 35.3 Å². The molecule has 0 aliphatic carbocycles. The summed E-state index contributed by atoms with van der Waals surface area (Å²) in [5.41, 5.74) is 1.06. The van der Waals surface area contributed by atoms with E-state index in [1.54, 1.807) is 18.4 Å². The molecule has 0 aromatic carbocycles. The molecule has 1 fully saturated rings. The van der Waals surface area contributed by atoms with Crippen molar-refractivity contribution in [3.63, 3.8) is 0 Å². The van der Waals surface area contributed by atoms with Crippen molar-refractivity contribution in [1.29, 1.82) is 0 Å². The minimum Gasteiger partial charge on any atom is -0.355 e. The van der Waals surface area contributed by atoms with E-state index in [9.17, 15) is 4.79 Å². The smallest absolute Gasteiger partial charge is 0.234 e. The van der Waals surface area contributed by atoms with E-state index in [4.69, 9.17) is 0 Å². The van der Waals surface area contributed by atoms with Crippen molar-refractivity contribution >= 4 is 47.2 Å². The highest BCUT2D eigenvalue weighted by atomic mass is 127. The van der Waals surface area contributed by atoms with Crippen LogP contribution in [0.25, 0.3) is 0 Å². The van der Waals surface area contributed by atoms with E-state index in [0.29, 0.717) is 25.0 Å². The minimum atomic E-state index is 0. The van der Waals surface area contributed by atoms with Gasteiger partial charge in [-0.15, -0.1) is 35.3 Å². The normalized spacial score (nSPS) is 16.0. The largest absolute Gasteiger partial charge is 0.355 e. The van der Waals surface area contributed by atoms with Crippen molar-refractivity contribution in [2.75, 3.05) is 33.2 Å². The molecule has 0 radical (unpaired) electrons. The lowest BCUT2D eigenvalue weighted by Crippen LogP contribution is -2.50. The molecule has 160 valence electrons. The number of thiazole rings is 1. The van der Waals surface area contributed by atoms with Crippen molar-refractivity contribution in [3.8, 4) is 0 Å². The van der Waals surface area contributed by atoms with Gasteiger partial charge in [0.25, 0.3) is 0 Å². The second kappa shape index (κ2) is 13.3. The predicted molar refractivity (Wildman–Crippen MR) is 128 cm³/mol. The van der Waals surface area contributed by atoms with Gasteiger partial charge in [0.1, 0.15) is 0 Å². The van der Waals surface area contributed by atoms with E-state index in [2.05, 4.69) is 57.0 Å². The van der Waals surface area contributed by atoms with E-state index >= 15 is 0 Å². The first-order chi connectivity index (χ1) is 13.0. The number of aromatic nitrogens is 1. The van der Waals surface area contributed by atoms with Crippen molar-refractivity contribution in [3.05, 3.63) is 16.1 Å². The SMILES string of the molecule is CCCNC(=O)CN1CCC(NC(=NC)NCc2csc(C(C)C)n2)CC1.I. The number of likely N-dealkylation sites (tertiary alicyclic amines) is 1. The first kappa shape index (κ1) is 25.1. The molecule has 0 unspecified atom stereocenters. The maximum Gasteiger partial charge on any atom is 0.234 e. The molecule has 1 aromatic heterocycles. The zero-order chi connectivity index (χ0) is 19.6. The Labute approximate surface area is 190 Å². The first-order valence-electron chi connectivity index (χ1n) is 9.92. The lowest BCUT2D eigenvalue weighted by molar-refractivity contribution is -0.122. The van der Waals surface area contributed by atoms with Gasteiger partial charge in [0, 0.05) is 44.0 Å². The second-order valence-electron chi connectivity index (χ2n) is 7.30. The number of aliphatic imine (C=N–C) groups is 1. The fourth-order valence-corrected chi connectivity index (χ4v) is 3.83. The summed E-state index contributed by atoms with van der Waals surface area (Å²) >= 11 is 1.71. The fourth-order valence-electron chi connectivity index (χ4n) is 2.99. The third-order valence-electron chi connectivity index (χ3n) is 4.59. The molecule has 1 amide bonds. The Morgan fingerprint density at radius 1 is 1.36 bits per heavy atom. The van der Waals surface area contributed by atoms with E-state index in [0.717, 1.165) is 50.6 Å². The molecular weight excluding hydrogens is 487 g/mol. The summed E-state index contributed by atoms with van der Waals surface area (Å²) in [4.78, 5) is 23.0. The van der Waals surface area contributed by atoms with E-state index in [-0.39, 0.29) is 29.9 Å². The quantitative estimate of drug-likeness (QED) is 0.278. The molecule has 2 rings (SSSR count). The molecule has 1 aliphatic heterocycles. The molecule has 7 nitrogen and oxygen atoms in total. The molecule has 9 heteroatoms. The van der Waals surface area contributed by atoms with Gasteiger partial charge in [0.05, 0.1) is 23.8 Å². The average Bonchev–Trinajstić information content (AvgIpc) is 3.14. The van der Waals surface area contributed by atoms with Crippen LogP contribution in [0.5, 0.6) is 0 Å². The van der Waals surface area contributed by atoms with E-state index in [1.165, 1.54) is 5.01 Å². The number of rotatable bonds is 8. The third-order valence-corrected chi connectivity index (χ3v) is 5.79. The zero-order valence-electron chi connectivity index (χ0n) is 17.5. The summed E-state index contributed by atoms with van der Waals surface area (Å²) in [7, 11) is 1.79. The third kappa shape index (κ3) is 8.60. The van der Waals surface area contributed by atoms with Crippen LogP contribution in [-0.2, 0) is 11.3 Å². The number of nitrogens with zero attached hydrogens (tertiary/aromatic N) is 3. The van der Waals surface area contributed by atoms with Gasteiger partial charge in [0.2, 0.25) is 5.91 Å². The van der Waals surface area contributed by atoms with Crippen LogP contribution in [0, 0.1) is 0 Å².